The summed E-state index contributed by atoms with van der Waals surface area (Å²) < 4.78 is 3.74. The van der Waals surface area contributed by atoms with Gasteiger partial charge in [-0.15, -0.1) is 0 Å². The van der Waals surface area contributed by atoms with Crippen molar-refractivity contribution < 1.29 is 0 Å². The molecule has 0 fully saturated rings. The molecule has 5 heteroatoms. The summed E-state index contributed by atoms with van der Waals surface area (Å²) in [4.78, 5) is 0. The molecular weight excluding hydrogens is 332 g/mol. The first kappa shape index (κ1) is 14.3. The molecular formula is C20H13ClN4. The molecule has 25 heavy (non-hydrogen) atoms. The molecule has 0 amide bonds. The summed E-state index contributed by atoms with van der Waals surface area (Å²) in [7, 11) is 0. The molecule has 0 aliphatic carbocycles. The smallest absolute Gasteiger partial charge is 0.0920 e. The van der Waals surface area contributed by atoms with Crippen molar-refractivity contribution in [3.63, 3.8) is 0 Å². The van der Waals surface area contributed by atoms with E-state index in [-0.39, 0.29) is 0 Å². The third-order valence-corrected chi connectivity index (χ3v) is 4.76. The van der Waals surface area contributed by atoms with E-state index in [1.165, 1.54) is 0 Å². The Morgan fingerprint density at radius 1 is 0.600 bits per heavy atom. The topological polar surface area (TPSA) is 35.6 Å². The van der Waals surface area contributed by atoms with Gasteiger partial charge in [-0.1, -0.05) is 54.1 Å². The minimum atomic E-state index is 0.616. The second-order valence-corrected chi connectivity index (χ2v) is 6.22. The van der Waals surface area contributed by atoms with Crippen LogP contribution in [0.4, 0.5) is 0 Å². The highest BCUT2D eigenvalue weighted by Crippen LogP contribution is 2.31. The van der Waals surface area contributed by atoms with Gasteiger partial charge in [-0.3, -0.25) is 0 Å². The number of halogens is 1. The normalized spacial score (nSPS) is 11.4. The van der Waals surface area contributed by atoms with Crippen LogP contribution in [0.25, 0.3) is 33.2 Å². The van der Waals surface area contributed by atoms with Gasteiger partial charge in [-0.2, -0.15) is 10.2 Å². The van der Waals surface area contributed by atoms with Gasteiger partial charge in [0.05, 0.1) is 39.8 Å². The number of rotatable bonds is 2. The molecule has 0 saturated heterocycles. The molecule has 5 aromatic rings. The first-order valence-corrected chi connectivity index (χ1v) is 8.35. The fourth-order valence-corrected chi connectivity index (χ4v) is 3.45. The molecule has 3 aromatic carbocycles. The summed E-state index contributed by atoms with van der Waals surface area (Å²) in [6.45, 7) is 0. The van der Waals surface area contributed by atoms with Crippen LogP contribution in [0, 0.1) is 0 Å². The van der Waals surface area contributed by atoms with E-state index in [2.05, 4.69) is 10.2 Å². The van der Waals surface area contributed by atoms with Crippen molar-refractivity contribution in [3.05, 3.63) is 84.1 Å². The van der Waals surface area contributed by atoms with Crippen molar-refractivity contribution >= 4 is 33.4 Å². The van der Waals surface area contributed by atoms with Crippen molar-refractivity contribution in [2.24, 2.45) is 0 Å². The second kappa shape index (κ2) is 5.46. The Morgan fingerprint density at radius 3 is 1.60 bits per heavy atom. The largest absolute Gasteiger partial charge is 0.231 e. The van der Waals surface area contributed by atoms with Crippen molar-refractivity contribution in [1.29, 1.82) is 0 Å². The van der Waals surface area contributed by atoms with Crippen molar-refractivity contribution in [2.75, 3.05) is 0 Å². The van der Waals surface area contributed by atoms with E-state index >= 15 is 0 Å². The summed E-state index contributed by atoms with van der Waals surface area (Å²) in [6, 6.07) is 22.1. The van der Waals surface area contributed by atoms with Crippen LogP contribution in [0.5, 0.6) is 0 Å². The molecule has 0 aliphatic rings. The Morgan fingerprint density at radius 2 is 1.08 bits per heavy atom. The minimum absolute atomic E-state index is 0.616. The SMILES string of the molecule is Clc1c(-n2ncc3ccccc32)cccc1-n1ncc2ccccc21. The first-order chi connectivity index (χ1) is 12.3. The number of benzene rings is 3. The molecule has 4 nitrogen and oxygen atoms in total. The lowest BCUT2D eigenvalue weighted by Crippen LogP contribution is -2.02. The zero-order valence-electron chi connectivity index (χ0n) is 13.2. The Hall–Kier alpha value is -3.11. The Labute approximate surface area is 148 Å². The van der Waals surface area contributed by atoms with Crippen molar-refractivity contribution in [3.8, 4) is 11.4 Å². The van der Waals surface area contributed by atoms with E-state index in [0.29, 0.717) is 5.02 Å². The molecule has 0 bridgehead atoms. The van der Waals surface area contributed by atoms with Gasteiger partial charge in [0.2, 0.25) is 0 Å². The molecule has 5 rings (SSSR count). The van der Waals surface area contributed by atoms with Crippen LogP contribution in [0.15, 0.2) is 79.1 Å². The van der Waals surface area contributed by atoms with Crippen LogP contribution < -0.4 is 0 Å². The molecule has 0 N–H and O–H groups in total. The molecule has 120 valence electrons. The number of nitrogens with zero attached hydrogens (tertiary/aromatic N) is 4. The fourth-order valence-electron chi connectivity index (χ4n) is 3.16. The lowest BCUT2D eigenvalue weighted by molar-refractivity contribution is 0.886. The minimum Gasteiger partial charge on any atom is -0.231 e. The van der Waals surface area contributed by atoms with Gasteiger partial charge in [-0.05, 0) is 24.3 Å². The summed E-state index contributed by atoms with van der Waals surface area (Å²) in [5.74, 6) is 0. The van der Waals surface area contributed by atoms with Gasteiger partial charge in [0, 0.05) is 10.8 Å². The molecule has 0 saturated carbocycles. The number of para-hydroxylation sites is 2. The predicted molar refractivity (Wildman–Crippen MR) is 101 cm³/mol. The van der Waals surface area contributed by atoms with E-state index in [9.17, 15) is 0 Å². The van der Waals surface area contributed by atoms with Crippen LogP contribution in [-0.2, 0) is 0 Å². The first-order valence-electron chi connectivity index (χ1n) is 7.98. The lowest BCUT2D eigenvalue weighted by Gasteiger charge is -2.11. The number of hydrogen-bond acceptors (Lipinski definition) is 2. The Balaban J connectivity index is 1.75. The summed E-state index contributed by atoms with van der Waals surface area (Å²) in [5.41, 5.74) is 3.71. The molecule has 0 spiro atoms. The van der Waals surface area contributed by atoms with E-state index in [4.69, 9.17) is 11.6 Å². The van der Waals surface area contributed by atoms with Crippen LogP contribution in [0.3, 0.4) is 0 Å². The number of fused-ring (bicyclic) bond motifs is 2. The van der Waals surface area contributed by atoms with Crippen LogP contribution in [0.1, 0.15) is 0 Å². The molecule has 0 atom stereocenters. The third-order valence-electron chi connectivity index (χ3n) is 4.37. The van der Waals surface area contributed by atoms with Gasteiger partial charge in [-0.25, -0.2) is 9.36 Å². The summed E-state index contributed by atoms with van der Waals surface area (Å²) >= 11 is 6.77. The van der Waals surface area contributed by atoms with Gasteiger partial charge >= 0.3 is 0 Å². The maximum Gasteiger partial charge on any atom is 0.0920 e. The highest BCUT2D eigenvalue weighted by molar-refractivity contribution is 6.34. The molecule has 0 unspecified atom stereocenters. The summed E-state index contributed by atoms with van der Waals surface area (Å²) in [6.07, 6.45) is 3.70. The second-order valence-electron chi connectivity index (χ2n) is 5.84. The molecule has 0 aliphatic heterocycles. The van der Waals surface area contributed by atoms with Gasteiger partial charge < -0.3 is 0 Å². The molecule has 0 radical (unpaired) electrons. The Kier molecular flexibility index (Phi) is 3.11. The van der Waals surface area contributed by atoms with Crippen LogP contribution in [-0.4, -0.2) is 19.6 Å². The maximum atomic E-state index is 6.77. The highest BCUT2D eigenvalue weighted by atomic mass is 35.5. The average molecular weight is 345 g/mol. The van der Waals surface area contributed by atoms with E-state index in [1.807, 2.05) is 88.5 Å². The van der Waals surface area contributed by atoms with Gasteiger partial charge in [0.25, 0.3) is 0 Å². The lowest BCUT2D eigenvalue weighted by atomic mass is 10.2. The van der Waals surface area contributed by atoms with E-state index in [1.54, 1.807) is 0 Å². The van der Waals surface area contributed by atoms with E-state index in [0.717, 1.165) is 33.2 Å². The van der Waals surface area contributed by atoms with E-state index < -0.39 is 0 Å². The highest BCUT2D eigenvalue weighted by Gasteiger charge is 2.14. The fraction of sp³-hybridized carbons (Fsp3) is 0. The molecule has 2 aromatic heterocycles. The van der Waals surface area contributed by atoms with Gasteiger partial charge in [0.15, 0.2) is 0 Å². The summed E-state index contributed by atoms with van der Waals surface area (Å²) in [5, 5.41) is 11.8. The molecule has 2 heterocycles. The standard InChI is InChI=1S/C20H13ClN4/c21-20-18(24-16-8-3-1-6-14(16)12-22-24)10-5-11-19(20)25-17-9-4-2-7-15(17)13-23-25/h1-13H. The predicted octanol–water partition coefficient (Wildman–Crippen LogP) is 5.02. The van der Waals surface area contributed by atoms with Crippen molar-refractivity contribution in [2.45, 2.75) is 0 Å². The van der Waals surface area contributed by atoms with Crippen LogP contribution >= 0.6 is 11.6 Å². The number of hydrogen-bond donors (Lipinski definition) is 0. The average Bonchev–Trinajstić information content (AvgIpc) is 3.26. The van der Waals surface area contributed by atoms with Gasteiger partial charge in [0.1, 0.15) is 0 Å². The maximum absolute atomic E-state index is 6.77. The third kappa shape index (κ3) is 2.15. The number of aromatic nitrogens is 4. The van der Waals surface area contributed by atoms with Crippen molar-refractivity contribution in [1.82, 2.24) is 19.6 Å². The van der Waals surface area contributed by atoms with Crippen LogP contribution in [0.2, 0.25) is 5.02 Å². The zero-order valence-corrected chi connectivity index (χ0v) is 13.9. The zero-order chi connectivity index (χ0) is 16.8. The Bertz CT molecular complexity index is 1130. The quantitative estimate of drug-likeness (QED) is 0.451. The monoisotopic (exact) mass is 344 g/mol.